The Bertz CT molecular complexity index is 909. The summed E-state index contributed by atoms with van der Waals surface area (Å²) in [6.45, 7) is 1.23. The summed E-state index contributed by atoms with van der Waals surface area (Å²) in [5, 5.41) is 21.4. The lowest BCUT2D eigenvalue weighted by Crippen LogP contribution is -2.42. The first-order chi connectivity index (χ1) is 12.6. The SMILES string of the molecule is Cn1ccnc1[C@H](O)C1CCN(C(=O)Nc2ccc3cn[nH]c3c2)CC1. The Morgan fingerprint density at radius 1 is 1.38 bits per heavy atom. The summed E-state index contributed by atoms with van der Waals surface area (Å²) in [4.78, 5) is 18.5. The molecule has 1 atom stereocenters. The van der Waals surface area contributed by atoms with E-state index in [-0.39, 0.29) is 11.9 Å². The van der Waals surface area contributed by atoms with E-state index in [0.29, 0.717) is 18.9 Å². The maximum atomic E-state index is 12.5. The van der Waals surface area contributed by atoms with E-state index in [2.05, 4.69) is 20.5 Å². The number of H-pyrrole nitrogens is 1. The van der Waals surface area contributed by atoms with Crippen LogP contribution in [0.5, 0.6) is 0 Å². The molecule has 0 spiro atoms. The van der Waals surface area contributed by atoms with Crippen LogP contribution in [-0.4, -0.2) is 48.9 Å². The van der Waals surface area contributed by atoms with Crippen molar-refractivity contribution in [3.05, 3.63) is 42.6 Å². The van der Waals surface area contributed by atoms with Gasteiger partial charge < -0.3 is 19.9 Å². The van der Waals surface area contributed by atoms with E-state index in [1.165, 1.54) is 0 Å². The second-order valence-corrected chi connectivity index (χ2v) is 6.77. The molecule has 3 aromatic rings. The van der Waals surface area contributed by atoms with Crippen molar-refractivity contribution >= 4 is 22.6 Å². The van der Waals surface area contributed by atoms with Crippen LogP contribution < -0.4 is 5.32 Å². The highest BCUT2D eigenvalue weighted by Crippen LogP contribution is 2.30. The van der Waals surface area contributed by atoms with Gasteiger partial charge in [-0.3, -0.25) is 5.10 Å². The molecule has 1 aliphatic rings. The molecule has 1 aliphatic heterocycles. The Kier molecular flexibility index (Phi) is 4.34. The highest BCUT2D eigenvalue weighted by molar-refractivity contribution is 5.92. The summed E-state index contributed by atoms with van der Waals surface area (Å²) in [7, 11) is 1.88. The number of imidazole rings is 1. The Hall–Kier alpha value is -2.87. The molecule has 26 heavy (non-hydrogen) atoms. The zero-order valence-electron chi connectivity index (χ0n) is 14.6. The van der Waals surface area contributed by atoms with Crippen molar-refractivity contribution in [3.63, 3.8) is 0 Å². The number of hydrogen-bond acceptors (Lipinski definition) is 4. The van der Waals surface area contributed by atoms with Gasteiger partial charge in [0.1, 0.15) is 11.9 Å². The fourth-order valence-electron chi connectivity index (χ4n) is 3.51. The minimum Gasteiger partial charge on any atom is -0.385 e. The smallest absolute Gasteiger partial charge is 0.321 e. The van der Waals surface area contributed by atoms with Gasteiger partial charge >= 0.3 is 6.03 Å². The summed E-state index contributed by atoms with van der Waals surface area (Å²) in [6.07, 6.45) is 6.18. The zero-order valence-corrected chi connectivity index (χ0v) is 14.6. The quantitative estimate of drug-likeness (QED) is 0.672. The molecule has 2 amide bonds. The number of urea groups is 1. The highest BCUT2D eigenvalue weighted by Gasteiger charge is 2.30. The van der Waals surface area contributed by atoms with Gasteiger partial charge in [-0.25, -0.2) is 9.78 Å². The van der Waals surface area contributed by atoms with E-state index in [4.69, 9.17) is 0 Å². The molecule has 8 heteroatoms. The first-order valence-corrected chi connectivity index (χ1v) is 8.76. The number of carbonyl (C=O) groups is 1. The van der Waals surface area contributed by atoms with Crippen LogP contribution in [0.4, 0.5) is 10.5 Å². The number of aromatic amines is 1. The predicted molar refractivity (Wildman–Crippen MR) is 97.6 cm³/mol. The van der Waals surface area contributed by atoms with E-state index < -0.39 is 6.10 Å². The number of rotatable bonds is 3. The van der Waals surface area contributed by atoms with E-state index in [0.717, 1.165) is 29.4 Å². The third-order valence-corrected chi connectivity index (χ3v) is 5.09. The number of hydrogen-bond donors (Lipinski definition) is 3. The number of nitrogens with zero attached hydrogens (tertiary/aromatic N) is 4. The fraction of sp³-hybridized carbons (Fsp3) is 0.389. The fourth-order valence-corrected chi connectivity index (χ4v) is 3.51. The Morgan fingerprint density at radius 2 is 2.19 bits per heavy atom. The summed E-state index contributed by atoms with van der Waals surface area (Å²) >= 11 is 0. The molecular formula is C18H22N6O2. The van der Waals surface area contributed by atoms with Crippen LogP contribution in [0, 0.1) is 5.92 Å². The average molecular weight is 354 g/mol. The van der Waals surface area contributed by atoms with Crippen LogP contribution in [-0.2, 0) is 7.05 Å². The van der Waals surface area contributed by atoms with Crippen molar-refractivity contribution in [2.75, 3.05) is 18.4 Å². The van der Waals surface area contributed by atoms with Crippen molar-refractivity contribution in [3.8, 4) is 0 Å². The molecule has 3 heterocycles. The van der Waals surface area contributed by atoms with Gasteiger partial charge in [-0.15, -0.1) is 0 Å². The minimum absolute atomic E-state index is 0.112. The minimum atomic E-state index is -0.594. The number of anilines is 1. The topological polar surface area (TPSA) is 99.1 Å². The molecule has 1 saturated heterocycles. The molecule has 1 fully saturated rings. The molecule has 0 aliphatic carbocycles. The Morgan fingerprint density at radius 3 is 2.92 bits per heavy atom. The van der Waals surface area contributed by atoms with Crippen LogP contribution >= 0.6 is 0 Å². The van der Waals surface area contributed by atoms with Gasteiger partial charge in [-0.1, -0.05) is 0 Å². The van der Waals surface area contributed by atoms with Crippen LogP contribution in [0.2, 0.25) is 0 Å². The number of fused-ring (bicyclic) bond motifs is 1. The van der Waals surface area contributed by atoms with Crippen molar-refractivity contribution in [2.45, 2.75) is 18.9 Å². The third-order valence-electron chi connectivity index (χ3n) is 5.09. The molecule has 0 saturated carbocycles. The first kappa shape index (κ1) is 16.6. The van der Waals surface area contributed by atoms with E-state index in [9.17, 15) is 9.90 Å². The molecule has 0 bridgehead atoms. The van der Waals surface area contributed by atoms with Crippen LogP contribution in [0.25, 0.3) is 10.9 Å². The molecule has 136 valence electrons. The van der Waals surface area contributed by atoms with Gasteiger partial charge in [0.15, 0.2) is 0 Å². The number of piperidine rings is 1. The van der Waals surface area contributed by atoms with Gasteiger partial charge in [0.2, 0.25) is 0 Å². The number of aliphatic hydroxyl groups is 1. The van der Waals surface area contributed by atoms with Crippen LogP contribution in [0.1, 0.15) is 24.8 Å². The van der Waals surface area contributed by atoms with Gasteiger partial charge in [0.25, 0.3) is 0 Å². The standard InChI is InChI=1S/C18H22N6O2/c1-23-9-6-19-17(23)16(25)12-4-7-24(8-5-12)18(26)21-14-3-2-13-11-20-22-15(13)10-14/h2-3,6,9-12,16,25H,4-5,7-8H2,1H3,(H,20,22)(H,21,26)/t16-/m1/s1. The van der Waals surface area contributed by atoms with Crippen molar-refractivity contribution in [1.29, 1.82) is 0 Å². The number of benzene rings is 1. The molecule has 0 radical (unpaired) electrons. The van der Waals surface area contributed by atoms with Gasteiger partial charge in [-0.05, 0) is 37.0 Å². The van der Waals surface area contributed by atoms with Crippen molar-refractivity contribution < 1.29 is 9.90 Å². The van der Waals surface area contributed by atoms with Crippen molar-refractivity contribution in [1.82, 2.24) is 24.6 Å². The Balaban J connectivity index is 1.35. The number of aryl methyl sites for hydroxylation is 1. The number of amides is 2. The predicted octanol–water partition coefficient (Wildman–Crippen LogP) is 2.27. The summed E-state index contributed by atoms with van der Waals surface area (Å²) in [6, 6.07) is 5.54. The number of likely N-dealkylation sites (tertiary alicyclic amines) is 1. The lowest BCUT2D eigenvalue weighted by molar-refractivity contribution is 0.0600. The maximum Gasteiger partial charge on any atom is 0.321 e. The second-order valence-electron chi connectivity index (χ2n) is 6.77. The van der Waals surface area contributed by atoms with Gasteiger partial charge in [0.05, 0.1) is 11.7 Å². The molecule has 0 unspecified atom stereocenters. The van der Waals surface area contributed by atoms with Gasteiger partial charge in [0, 0.05) is 43.6 Å². The molecular weight excluding hydrogens is 332 g/mol. The average Bonchev–Trinajstić information content (AvgIpc) is 3.29. The summed E-state index contributed by atoms with van der Waals surface area (Å²) in [5.41, 5.74) is 1.63. The van der Waals surface area contributed by atoms with Crippen molar-refractivity contribution in [2.24, 2.45) is 13.0 Å². The summed E-state index contributed by atoms with van der Waals surface area (Å²) in [5.74, 6) is 0.794. The lowest BCUT2D eigenvalue weighted by Gasteiger charge is -2.34. The molecule has 2 aromatic heterocycles. The lowest BCUT2D eigenvalue weighted by atomic mass is 9.91. The van der Waals surface area contributed by atoms with E-state index >= 15 is 0 Å². The largest absolute Gasteiger partial charge is 0.385 e. The number of nitrogens with one attached hydrogen (secondary N) is 2. The first-order valence-electron chi connectivity index (χ1n) is 8.76. The number of aromatic nitrogens is 4. The zero-order chi connectivity index (χ0) is 18.1. The molecule has 8 nitrogen and oxygen atoms in total. The normalized spacial score (nSPS) is 16.8. The maximum absolute atomic E-state index is 12.5. The summed E-state index contributed by atoms with van der Waals surface area (Å²) < 4.78 is 1.84. The molecule has 4 rings (SSSR count). The van der Waals surface area contributed by atoms with E-state index in [1.807, 2.05) is 36.0 Å². The number of aliphatic hydroxyl groups excluding tert-OH is 1. The Labute approximate surface area is 150 Å². The molecule has 1 aromatic carbocycles. The van der Waals surface area contributed by atoms with Crippen LogP contribution in [0.3, 0.4) is 0 Å². The number of carbonyl (C=O) groups excluding carboxylic acids is 1. The molecule has 3 N–H and O–H groups in total. The monoisotopic (exact) mass is 354 g/mol. The highest BCUT2D eigenvalue weighted by atomic mass is 16.3. The van der Waals surface area contributed by atoms with Crippen LogP contribution in [0.15, 0.2) is 36.8 Å². The van der Waals surface area contributed by atoms with E-state index in [1.54, 1.807) is 17.3 Å². The third kappa shape index (κ3) is 3.15. The second kappa shape index (κ2) is 6.80. The van der Waals surface area contributed by atoms with Gasteiger partial charge in [-0.2, -0.15) is 5.10 Å².